The molecule has 2 amide bonds. The molecule has 0 saturated heterocycles. The van der Waals surface area contributed by atoms with Crippen molar-refractivity contribution in [2.75, 3.05) is 0 Å². The van der Waals surface area contributed by atoms with Crippen LogP contribution in [0.1, 0.15) is 49.9 Å². The Morgan fingerprint density at radius 1 is 1.16 bits per heavy atom. The van der Waals surface area contributed by atoms with E-state index >= 15 is 0 Å². The minimum atomic E-state index is -1.04. The summed E-state index contributed by atoms with van der Waals surface area (Å²) in [6.45, 7) is -0.171. The van der Waals surface area contributed by atoms with Gasteiger partial charge in [-0.05, 0) is 48.2 Å². The first kappa shape index (κ1) is 24.9. The third-order valence-corrected chi connectivity index (χ3v) is 6.38. The van der Waals surface area contributed by atoms with Crippen LogP contribution in [0.5, 0.6) is 0 Å². The molecule has 188 valence electrons. The zero-order chi connectivity index (χ0) is 27.0. The molecule has 2 aromatic carbocycles. The first-order valence-corrected chi connectivity index (χ1v) is 11.6. The lowest BCUT2D eigenvalue weighted by Gasteiger charge is -2.27. The Kier molecular flexibility index (Phi) is 6.54. The normalized spacial score (nSPS) is 12.9. The summed E-state index contributed by atoms with van der Waals surface area (Å²) in [5.74, 6) is 7.43. The molecular formula is C28H16ClF3N4O2. The van der Waals surface area contributed by atoms with Crippen LogP contribution in [0.15, 0.2) is 48.8 Å². The number of carbonyl (C=O) groups is 2. The highest BCUT2D eigenvalue weighted by Gasteiger charge is 2.36. The molecule has 6 nitrogen and oxygen atoms in total. The molecule has 2 aromatic heterocycles. The number of nitrogens with one attached hydrogen (secondary N) is 1. The van der Waals surface area contributed by atoms with Crippen LogP contribution in [0.3, 0.4) is 0 Å². The summed E-state index contributed by atoms with van der Waals surface area (Å²) in [6.07, 6.45) is 2.81. The fourth-order valence-corrected chi connectivity index (χ4v) is 4.58. The second-order valence-electron chi connectivity index (χ2n) is 8.44. The van der Waals surface area contributed by atoms with E-state index in [0.29, 0.717) is 16.6 Å². The monoisotopic (exact) mass is 532 g/mol. The number of hydrogen-bond donors (Lipinski definition) is 2. The van der Waals surface area contributed by atoms with Gasteiger partial charge in [0.15, 0.2) is 0 Å². The maximum atomic E-state index is 14.8. The summed E-state index contributed by atoms with van der Waals surface area (Å²) in [5, 5.41) is 0.624. The number of primary amides is 1. The molecule has 0 radical (unpaired) electrons. The molecule has 4 aromatic rings. The number of amides is 2. The van der Waals surface area contributed by atoms with Gasteiger partial charge in [0.2, 0.25) is 0 Å². The Labute approximate surface area is 219 Å². The third kappa shape index (κ3) is 4.56. The second kappa shape index (κ2) is 9.97. The van der Waals surface area contributed by atoms with Crippen molar-refractivity contribution >= 4 is 34.4 Å². The van der Waals surface area contributed by atoms with E-state index in [9.17, 15) is 22.8 Å². The Balaban J connectivity index is 1.49. The molecule has 10 heteroatoms. The predicted molar refractivity (Wildman–Crippen MR) is 134 cm³/mol. The number of halogens is 4. The van der Waals surface area contributed by atoms with Crippen molar-refractivity contribution in [3.63, 3.8) is 0 Å². The largest absolute Gasteiger partial charge is 0.366 e. The summed E-state index contributed by atoms with van der Waals surface area (Å²) in [4.78, 5) is 33.2. The Morgan fingerprint density at radius 2 is 1.97 bits per heavy atom. The molecule has 1 unspecified atom stereocenters. The lowest BCUT2D eigenvalue weighted by molar-refractivity contribution is 0.0700. The van der Waals surface area contributed by atoms with Crippen LogP contribution < -0.4 is 5.73 Å². The fraction of sp³-hybridized carbons (Fsp3) is 0.107. The molecule has 0 fully saturated rings. The van der Waals surface area contributed by atoms with Crippen molar-refractivity contribution in [3.8, 4) is 23.7 Å². The first-order valence-electron chi connectivity index (χ1n) is 11.2. The number of pyridine rings is 1. The summed E-state index contributed by atoms with van der Waals surface area (Å²) in [6, 6.07) is 5.96. The molecule has 0 aliphatic carbocycles. The molecule has 1 aliphatic rings. The topological polar surface area (TPSA) is 92.1 Å². The van der Waals surface area contributed by atoms with Gasteiger partial charge in [-0.3, -0.25) is 9.59 Å². The highest BCUT2D eigenvalue weighted by molar-refractivity contribution is 6.31. The van der Waals surface area contributed by atoms with Crippen LogP contribution >= 0.6 is 11.6 Å². The number of rotatable bonds is 4. The third-order valence-electron chi connectivity index (χ3n) is 6.16. The van der Waals surface area contributed by atoms with Gasteiger partial charge >= 0.3 is 0 Å². The van der Waals surface area contributed by atoms with Gasteiger partial charge in [0.05, 0.1) is 23.7 Å². The van der Waals surface area contributed by atoms with E-state index in [1.807, 2.05) is 0 Å². The van der Waals surface area contributed by atoms with Crippen LogP contribution in [-0.4, -0.2) is 26.7 Å². The van der Waals surface area contributed by atoms with E-state index in [2.05, 4.69) is 33.6 Å². The van der Waals surface area contributed by atoms with Crippen LogP contribution in [0.25, 0.3) is 11.0 Å². The van der Waals surface area contributed by atoms with Crippen LogP contribution in [0, 0.1) is 41.1 Å². The molecular weight excluding hydrogens is 517 g/mol. The number of aromatic amines is 1. The number of fused-ring (bicyclic) bond motifs is 2. The van der Waals surface area contributed by atoms with Crippen LogP contribution in [0.4, 0.5) is 13.2 Å². The van der Waals surface area contributed by atoms with Gasteiger partial charge < -0.3 is 15.6 Å². The minimum absolute atomic E-state index is 0.0444. The summed E-state index contributed by atoms with van der Waals surface area (Å²) >= 11 is 5.92. The average Bonchev–Trinajstić information content (AvgIpc) is 3.48. The SMILES string of the molecule is NC(=O)c1cnc2[nH]ccc2c1C#CC#CCC(c1cc(F)ccc1F)N1Cc2c(F)cc(Cl)cc2C1=O. The number of aromatic nitrogens is 2. The van der Waals surface area contributed by atoms with E-state index in [1.54, 1.807) is 12.3 Å². The van der Waals surface area contributed by atoms with E-state index in [1.165, 1.54) is 17.2 Å². The number of hydrogen-bond acceptors (Lipinski definition) is 3. The Morgan fingerprint density at radius 3 is 2.76 bits per heavy atom. The van der Waals surface area contributed by atoms with Gasteiger partial charge in [0, 0.05) is 45.9 Å². The number of benzene rings is 2. The number of nitrogens with two attached hydrogens (primary N) is 1. The standard InChI is InChI=1S/C28H16ClF3N4O2/c29-15-10-19-22(24(32)11-15)14-36(28(19)38)25(20-12-16(30)6-7-23(20)31)5-3-1-2-4-17-18-8-9-34-27(18)35-13-21(17)26(33)37/h6-13,25H,5,14H2,(H2,33,37)(H,34,35). The van der Waals surface area contributed by atoms with Crippen molar-refractivity contribution in [3.05, 3.63) is 99.1 Å². The Hall–Kier alpha value is -4.73. The summed E-state index contributed by atoms with van der Waals surface area (Å²) < 4.78 is 43.3. The second-order valence-corrected chi connectivity index (χ2v) is 8.87. The molecule has 0 bridgehead atoms. The van der Waals surface area contributed by atoms with Crippen molar-refractivity contribution in [1.82, 2.24) is 14.9 Å². The minimum Gasteiger partial charge on any atom is -0.366 e. The molecule has 5 rings (SSSR count). The molecule has 1 atom stereocenters. The number of nitrogens with zero attached hydrogens (tertiary/aromatic N) is 2. The smallest absolute Gasteiger partial charge is 0.255 e. The highest BCUT2D eigenvalue weighted by atomic mass is 35.5. The van der Waals surface area contributed by atoms with Gasteiger partial charge in [-0.1, -0.05) is 23.4 Å². The average molecular weight is 533 g/mol. The molecule has 0 saturated carbocycles. The summed E-state index contributed by atoms with van der Waals surface area (Å²) in [5.41, 5.74) is 6.46. The predicted octanol–water partition coefficient (Wildman–Crippen LogP) is 4.87. The van der Waals surface area contributed by atoms with Crippen molar-refractivity contribution in [2.24, 2.45) is 5.73 Å². The number of carbonyl (C=O) groups excluding carboxylic acids is 2. The van der Waals surface area contributed by atoms with Gasteiger partial charge in [-0.25, -0.2) is 18.2 Å². The zero-order valence-corrected chi connectivity index (χ0v) is 20.2. The molecule has 3 heterocycles. The molecule has 0 spiro atoms. The van der Waals surface area contributed by atoms with Gasteiger partial charge in [0.1, 0.15) is 23.1 Å². The van der Waals surface area contributed by atoms with E-state index < -0.39 is 35.3 Å². The van der Waals surface area contributed by atoms with Gasteiger partial charge in [0.25, 0.3) is 11.8 Å². The van der Waals surface area contributed by atoms with Gasteiger partial charge in [-0.15, -0.1) is 0 Å². The summed E-state index contributed by atoms with van der Waals surface area (Å²) in [7, 11) is 0. The number of H-pyrrole nitrogens is 1. The highest BCUT2D eigenvalue weighted by Crippen LogP contribution is 2.36. The van der Waals surface area contributed by atoms with Crippen molar-refractivity contribution in [1.29, 1.82) is 0 Å². The lowest BCUT2D eigenvalue weighted by atomic mass is 10.0. The molecule has 38 heavy (non-hydrogen) atoms. The first-order chi connectivity index (χ1) is 18.2. The van der Waals surface area contributed by atoms with Gasteiger partial charge in [-0.2, -0.15) is 0 Å². The lowest BCUT2D eigenvalue weighted by Crippen LogP contribution is -2.29. The van der Waals surface area contributed by atoms with Crippen LogP contribution in [-0.2, 0) is 6.54 Å². The maximum absolute atomic E-state index is 14.8. The maximum Gasteiger partial charge on any atom is 0.255 e. The van der Waals surface area contributed by atoms with Crippen molar-refractivity contribution in [2.45, 2.75) is 19.0 Å². The fourth-order valence-electron chi connectivity index (χ4n) is 4.38. The molecule has 3 N–H and O–H groups in total. The quantitative estimate of drug-likeness (QED) is 0.367. The molecule has 1 aliphatic heterocycles. The Bertz CT molecular complexity index is 1760. The van der Waals surface area contributed by atoms with Crippen molar-refractivity contribution < 1.29 is 22.8 Å². The van der Waals surface area contributed by atoms with E-state index in [-0.39, 0.29) is 40.2 Å². The van der Waals surface area contributed by atoms with Crippen LogP contribution in [0.2, 0.25) is 5.02 Å². The zero-order valence-electron chi connectivity index (χ0n) is 19.4. The van der Waals surface area contributed by atoms with E-state index in [4.69, 9.17) is 17.3 Å². The van der Waals surface area contributed by atoms with E-state index in [0.717, 1.165) is 24.3 Å².